The molecule has 1 aromatic rings. The van der Waals surface area contributed by atoms with Gasteiger partial charge in [-0.05, 0) is 31.9 Å². The van der Waals surface area contributed by atoms with E-state index in [9.17, 15) is 9.59 Å². The summed E-state index contributed by atoms with van der Waals surface area (Å²) in [5, 5.41) is 11.5. The van der Waals surface area contributed by atoms with Crippen molar-refractivity contribution >= 4 is 11.8 Å². The van der Waals surface area contributed by atoms with E-state index in [0.717, 1.165) is 18.4 Å². The van der Waals surface area contributed by atoms with Crippen molar-refractivity contribution < 1.29 is 9.59 Å². The monoisotopic (exact) mass is 285 g/mol. The summed E-state index contributed by atoms with van der Waals surface area (Å²) in [4.78, 5) is 25.4. The molecule has 1 aliphatic rings. The number of carbonyl (C=O) groups is 2. The van der Waals surface area contributed by atoms with E-state index in [1.54, 1.807) is 4.90 Å². The highest BCUT2D eigenvalue weighted by molar-refractivity contribution is 5.94. The third-order valence-corrected chi connectivity index (χ3v) is 3.73. The predicted octanol–water partition coefficient (Wildman–Crippen LogP) is 1.63. The molecule has 0 radical (unpaired) electrons. The summed E-state index contributed by atoms with van der Waals surface area (Å²) in [6.45, 7) is 3.17. The van der Waals surface area contributed by atoms with Gasteiger partial charge in [0.15, 0.2) is 0 Å². The highest BCUT2D eigenvalue weighted by atomic mass is 16.2. The van der Waals surface area contributed by atoms with E-state index in [1.807, 2.05) is 37.3 Å². The maximum Gasteiger partial charge on any atom is 0.251 e. The van der Waals surface area contributed by atoms with Gasteiger partial charge in [0.25, 0.3) is 5.91 Å². The number of hydrogen-bond acceptors (Lipinski definition) is 3. The fourth-order valence-corrected chi connectivity index (χ4v) is 2.43. The van der Waals surface area contributed by atoms with Crippen LogP contribution < -0.4 is 5.32 Å². The molecule has 0 unspecified atom stereocenters. The topological polar surface area (TPSA) is 73.2 Å². The van der Waals surface area contributed by atoms with Crippen molar-refractivity contribution in [2.24, 2.45) is 0 Å². The van der Waals surface area contributed by atoms with Crippen LogP contribution in [0, 0.1) is 18.3 Å². The molecule has 110 valence electrons. The Hall–Kier alpha value is -2.35. The molecular weight excluding hydrogens is 266 g/mol. The Bertz CT molecular complexity index is 552. The van der Waals surface area contributed by atoms with Gasteiger partial charge in [0, 0.05) is 24.7 Å². The lowest BCUT2D eigenvalue weighted by atomic mass is 10.0. The molecule has 0 bridgehead atoms. The average molecular weight is 285 g/mol. The maximum atomic E-state index is 12.1. The van der Waals surface area contributed by atoms with Crippen LogP contribution in [0.2, 0.25) is 0 Å². The number of aryl methyl sites for hydroxylation is 1. The van der Waals surface area contributed by atoms with Gasteiger partial charge in [-0.25, -0.2) is 0 Å². The number of rotatable bonds is 3. The quantitative estimate of drug-likeness (QED) is 0.917. The number of carbonyl (C=O) groups excluding carboxylic acids is 2. The first-order valence-corrected chi connectivity index (χ1v) is 7.12. The molecule has 0 atom stereocenters. The van der Waals surface area contributed by atoms with Gasteiger partial charge in [-0.1, -0.05) is 17.7 Å². The molecule has 0 saturated carbocycles. The lowest BCUT2D eigenvalue weighted by Gasteiger charge is -2.32. The molecule has 1 aromatic carbocycles. The lowest BCUT2D eigenvalue weighted by Crippen LogP contribution is -2.46. The first-order valence-electron chi connectivity index (χ1n) is 7.12. The SMILES string of the molecule is Cc1ccc(C(=O)NC2CCN(C(=O)CC#N)CC2)cc1. The minimum absolute atomic E-state index is 0.0691. The molecule has 0 aliphatic carbocycles. The Kier molecular flexibility index (Phi) is 4.94. The molecule has 2 rings (SSSR count). The number of nitriles is 1. The third kappa shape index (κ3) is 4.06. The third-order valence-electron chi connectivity index (χ3n) is 3.73. The lowest BCUT2D eigenvalue weighted by molar-refractivity contribution is -0.131. The van der Waals surface area contributed by atoms with Crippen molar-refractivity contribution in [3.8, 4) is 6.07 Å². The van der Waals surface area contributed by atoms with Gasteiger partial charge < -0.3 is 10.2 Å². The molecule has 21 heavy (non-hydrogen) atoms. The van der Waals surface area contributed by atoms with E-state index < -0.39 is 0 Å². The van der Waals surface area contributed by atoms with Gasteiger partial charge in [-0.3, -0.25) is 9.59 Å². The van der Waals surface area contributed by atoms with Crippen molar-refractivity contribution in [2.45, 2.75) is 32.2 Å². The zero-order chi connectivity index (χ0) is 15.2. The van der Waals surface area contributed by atoms with Gasteiger partial charge in [-0.2, -0.15) is 5.26 Å². The van der Waals surface area contributed by atoms with Gasteiger partial charge in [-0.15, -0.1) is 0 Å². The van der Waals surface area contributed by atoms with E-state index in [1.165, 1.54) is 0 Å². The van der Waals surface area contributed by atoms with Gasteiger partial charge >= 0.3 is 0 Å². The summed E-state index contributed by atoms with van der Waals surface area (Å²) in [5.41, 5.74) is 1.78. The number of likely N-dealkylation sites (tertiary alicyclic amines) is 1. The highest BCUT2D eigenvalue weighted by Gasteiger charge is 2.23. The van der Waals surface area contributed by atoms with E-state index in [0.29, 0.717) is 18.7 Å². The number of nitrogens with zero attached hydrogens (tertiary/aromatic N) is 2. The molecule has 0 aromatic heterocycles. The Balaban J connectivity index is 1.83. The zero-order valence-electron chi connectivity index (χ0n) is 12.1. The number of piperidine rings is 1. The van der Waals surface area contributed by atoms with E-state index >= 15 is 0 Å². The van der Waals surface area contributed by atoms with Crippen molar-refractivity contribution in [1.29, 1.82) is 5.26 Å². The molecule has 1 saturated heterocycles. The van der Waals surface area contributed by atoms with Crippen molar-refractivity contribution in [3.05, 3.63) is 35.4 Å². The van der Waals surface area contributed by atoms with Crippen molar-refractivity contribution in [2.75, 3.05) is 13.1 Å². The molecule has 5 heteroatoms. The highest BCUT2D eigenvalue weighted by Crippen LogP contribution is 2.12. The molecular formula is C16H19N3O2. The molecule has 2 amide bonds. The van der Waals surface area contributed by atoms with Crippen molar-refractivity contribution in [3.63, 3.8) is 0 Å². The fraction of sp³-hybridized carbons (Fsp3) is 0.438. The van der Waals surface area contributed by atoms with Crippen LogP contribution in [0.3, 0.4) is 0 Å². The van der Waals surface area contributed by atoms with Gasteiger partial charge in [0.2, 0.25) is 5.91 Å². The number of amides is 2. The Morgan fingerprint density at radius 2 is 1.90 bits per heavy atom. The zero-order valence-corrected chi connectivity index (χ0v) is 12.1. The molecule has 1 heterocycles. The first kappa shape index (κ1) is 15.0. The van der Waals surface area contributed by atoms with E-state index in [-0.39, 0.29) is 24.3 Å². The van der Waals surface area contributed by atoms with Crippen LogP contribution in [-0.2, 0) is 4.79 Å². The summed E-state index contributed by atoms with van der Waals surface area (Å²) in [5.74, 6) is -0.197. The second-order valence-electron chi connectivity index (χ2n) is 5.33. The number of benzene rings is 1. The molecule has 1 aliphatic heterocycles. The minimum Gasteiger partial charge on any atom is -0.349 e. The van der Waals surface area contributed by atoms with Crippen molar-refractivity contribution in [1.82, 2.24) is 10.2 Å². The maximum absolute atomic E-state index is 12.1. The smallest absolute Gasteiger partial charge is 0.251 e. The van der Waals surface area contributed by atoms with E-state index in [4.69, 9.17) is 5.26 Å². The van der Waals surface area contributed by atoms with Crippen LogP contribution in [0.1, 0.15) is 35.2 Å². The van der Waals surface area contributed by atoms with Crippen LogP contribution in [0.15, 0.2) is 24.3 Å². The summed E-state index contributed by atoms with van der Waals surface area (Å²) in [6.07, 6.45) is 1.39. The number of nitrogens with one attached hydrogen (secondary N) is 1. The second-order valence-corrected chi connectivity index (χ2v) is 5.33. The molecule has 0 spiro atoms. The molecule has 1 fully saturated rings. The largest absolute Gasteiger partial charge is 0.349 e. The number of hydrogen-bond donors (Lipinski definition) is 1. The Labute approximate surface area is 124 Å². The van der Waals surface area contributed by atoms with Gasteiger partial charge in [0.1, 0.15) is 6.42 Å². The van der Waals surface area contributed by atoms with Gasteiger partial charge in [0.05, 0.1) is 6.07 Å². The summed E-state index contributed by atoms with van der Waals surface area (Å²) < 4.78 is 0. The predicted molar refractivity (Wildman–Crippen MR) is 78.5 cm³/mol. The standard InChI is InChI=1S/C16H19N3O2/c1-12-2-4-13(5-3-12)16(21)18-14-7-10-19(11-8-14)15(20)6-9-17/h2-5,14H,6-8,10-11H2,1H3,(H,18,21). The minimum atomic E-state index is -0.124. The van der Waals surface area contributed by atoms with Crippen LogP contribution in [0.5, 0.6) is 0 Å². The average Bonchev–Trinajstić information content (AvgIpc) is 2.49. The Morgan fingerprint density at radius 3 is 2.48 bits per heavy atom. The molecule has 5 nitrogen and oxygen atoms in total. The van der Waals surface area contributed by atoms with Crippen LogP contribution in [0.4, 0.5) is 0 Å². The molecule has 1 N–H and O–H groups in total. The van der Waals surface area contributed by atoms with E-state index in [2.05, 4.69) is 5.32 Å². The summed E-state index contributed by atoms with van der Waals surface area (Å²) in [7, 11) is 0. The van der Waals surface area contributed by atoms with Crippen LogP contribution in [0.25, 0.3) is 0 Å². The second kappa shape index (κ2) is 6.89. The Morgan fingerprint density at radius 1 is 1.29 bits per heavy atom. The van der Waals surface area contributed by atoms with Crippen LogP contribution >= 0.6 is 0 Å². The summed E-state index contributed by atoms with van der Waals surface area (Å²) >= 11 is 0. The summed E-state index contributed by atoms with van der Waals surface area (Å²) in [6, 6.07) is 9.42. The first-order chi connectivity index (χ1) is 10.1. The normalized spacial score (nSPS) is 15.3. The fourth-order valence-electron chi connectivity index (χ4n) is 2.43. The van der Waals surface area contributed by atoms with Crippen LogP contribution in [-0.4, -0.2) is 35.8 Å².